The lowest BCUT2D eigenvalue weighted by Gasteiger charge is -2.31. The Kier molecular flexibility index (Phi) is 6.47. The highest BCUT2D eigenvalue weighted by atomic mass is 32.1. The molecule has 0 saturated carbocycles. The predicted molar refractivity (Wildman–Crippen MR) is 158 cm³/mol. The number of hydrogen-bond donors (Lipinski definition) is 0. The third-order valence-corrected chi connectivity index (χ3v) is 8.70. The van der Waals surface area contributed by atoms with E-state index in [1.54, 1.807) is 14.2 Å². The minimum Gasteiger partial charge on any atom is -0.497 e. The average molecular weight is 565 g/mol. The van der Waals surface area contributed by atoms with Crippen molar-refractivity contribution >= 4 is 23.5 Å². The van der Waals surface area contributed by atoms with E-state index >= 15 is 0 Å². The molecule has 41 heavy (non-hydrogen) atoms. The van der Waals surface area contributed by atoms with Crippen molar-refractivity contribution in [2.45, 2.75) is 25.3 Å². The van der Waals surface area contributed by atoms with Crippen LogP contribution in [0.1, 0.15) is 42.0 Å². The van der Waals surface area contributed by atoms with E-state index in [4.69, 9.17) is 23.9 Å². The quantitative estimate of drug-likeness (QED) is 0.332. The van der Waals surface area contributed by atoms with Gasteiger partial charge in [-0.2, -0.15) is 0 Å². The summed E-state index contributed by atoms with van der Waals surface area (Å²) in [5.41, 5.74) is 6.30. The van der Waals surface area contributed by atoms with Crippen LogP contribution in [0.4, 0.5) is 0 Å². The van der Waals surface area contributed by atoms with Crippen molar-refractivity contribution < 1.29 is 18.9 Å². The Morgan fingerprint density at radius 1 is 0.878 bits per heavy atom. The Morgan fingerprint density at radius 3 is 2.34 bits per heavy atom. The fourth-order valence-electron chi connectivity index (χ4n) is 5.70. The van der Waals surface area contributed by atoms with Gasteiger partial charge in [-0.05, 0) is 95.6 Å². The molecule has 7 nitrogen and oxygen atoms in total. The summed E-state index contributed by atoms with van der Waals surface area (Å²) in [5.74, 6) is 3.01. The third-order valence-electron chi connectivity index (χ3n) is 7.72. The van der Waals surface area contributed by atoms with Crippen LogP contribution in [0.2, 0.25) is 0 Å². The summed E-state index contributed by atoms with van der Waals surface area (Å²) in [5, 5.41) is 0. The molecule has 0 radical (unpaired) electrons. The van der Waals surface area contributed by atoms with Gasteiger partial charge in [-0.1, -0.05) is 41.7 Å². The van der Waals surface area contributed by atoms with Crippen LogP contribution < -0.4 is 33.8 Å². The molecule has 0 spiro atoms. The second-order valence-electron chi connectivity index (χ2n) is 10.1. The molecule has 0 fully saturated rings. The van der Waals surface area contributed by atoms with Gasteiger partial charge in [0.05, 0.1) is 30.5 Å². The zero-order valence-electron chi connectivity index (χ0n) is 22.8. The zero-order valence-corrected chi connectivity index (χ0v) is 23.6. The van der Waals surface area contributed by atoms with Gasteiger partial charge in [0.15, 0.2) is 16.3 Å². The van der Waals surface area contributed by atoms with E-state index in [2.05, 4.69) is 30.3 Å². The predicted octanol–water partition coefficient (Wildman–Crippen LogP) is 5.23. The highest BCUT2D eigenvalue weighted by Crippen LogP contribution is 2.41. The lowest BCUT2D eigenvalue weighted by Crippen LogP contribution is -2.39. The molecule has 4 aromatic rings. The fraction of sp³-hybridized carbons (Fsp3) is 0.212. The van der Waals surface area contributed by atoms with Crippen molar-refractivity contribution in [1.29, 1.82) is 0 Å². The molecule has 2 aliphatic heterocycles. The molecule has 0 saturated heterocycles. The van der Waals surface area contributed by atoms with E-state index in [9.17, 15) is 4.79 Å². The Bertz CT molecular complexity index is 1880. The van der Waals surface area contributed by atoms with Gasteiger partial charge in [0, 0.05) is 0 Å². The summed E-state index contributed by atoms with van der Waals surface area (Å²) in [6.45, 7) is 0.209. The molecule has 1 atom stereocenters. The minimum absolute atomic E-state index is 0.0509. The molecule has 0 bridgehead atoms. The summed E-state index contributed by atoms with van der Waals surface area (Å²) in [6, 6.07) is 21.5. The molecule has 3 aliphatic rings. The highest BCUT2D eigenvalue weighted by Gasteiger charge is 2.32. The Hall–Kier alpha value is -4.56. The van der Waals surface area contributed by atoms with Gasteiger partial charge < -0.3 is 18.9 Å². The molecule has 0 unspecified atom stereocenters. The van der Waals surface area contributed by atoms with Crippen molar-refractivity contribution in [2.75, 3.05) is 21.0 Å². The molecular formula is C33H28N2O5S. The first-order chi connectivity index (χ1) is 20.1. The second kappa shape index (κ2) is 10.4. The number of ether oxygens (including phenoxy) is 4. The topological polar surface area (TPSA) is 71.3 Å². The lowest BCUT2D eigenvalue weighted by atomic mass is 9.84. The first-order valence-corrected chi connectivity index (χ1v) is 14.4. The first kappa shape index (κ1) is 25.4. The van der Waals surface area contributed by atoms with Crippen molar-refractivity contribution in [3.8, 4) is 23.0 Å². The van der Waals surface area contributed by atoms with Gasteiger partial charge in [0.25, 0.3) is 5.56 Å². The largest absolute Gasteiger partial charge is 0.497 e. The zero-order chi connectivity index (χ0) is 27.9. The van der Waals surface area contributed by atoms with E-state index in [0.29, 0.717) is 20.8 Å². The van der Waals surface area contributed by atoms with Gasteiger partial charge in [-0.3, -0.25) is 9.36 Å². The highest BCUT2D eigenvalue weighted by molar-refractivity contribution is 7.07. The maximum Gasteiger partial charge on any atom is 0.271 e. The van der Waals surface area contributed by atoms with Crippen molar-refractivity contribution in [3.63, 3.8) is 0 Å². The van der Waals surface area contributed by atoms with Crippen LogP contribution in [-0.4, -0.2) is 25.6 Å². The van der Waals surface area contributed by atoms with Gasteiger partial charge in [-0.15, -0.1) is 0 Å². The number of rotatable bonds is 5. The Balaban J connectivity index is 1.40. The number of allylic oxidation sites excluding steroid dienone is 2. The molecule has 206 valence electrons. The van der Waals surface area contributed by atoms with Crippen molar-refractivity contribution in [3.05, 3.63) is 120 Å². The maximum absolute atomic E-state index is 14.0. The van der Waals surface area contributed by atoms with Crippen molar-refractivity contribution in [2.24, 2.45) is 4.99 Å². The van der Waals surface area contributed by atoms with E-state index < -0.39 is 0 Å². The van der Waals surface area contributed by atoms with E-state index in [1.165, 1.54) is 22.5 Å². The van der Waals surface area contributed by atoms with Gasteiger partial charge in [0.2, 0.25) is 6.79 Å². The van der Waals surface area contributed by atoms with E-state index in [-0.39, 0.29) is 18.4 Å². The SMILES string of the molecule is COc1ccc(/C=C2\CCCC3=C2N=c2sc(=Cc4ccc5c(c4)OCO5)c(=O)n2[C@@H]3c2ccc(OC)cc2)cc1. The van der Waals surface area contributed by atoms with Crippen LogP contribution in [-0.2, 0) is 0 Å². The molecule has 3 aromatic carbocycles. The number of methoxy groups -OCH3 is 2. The molecule has 1 aromatic heterocycles. The fourth-order valence-corrected chi connectivity index (χ4v) is 6.70. The number of aromatic nitrogens is 1. The summed E-state index contributed by atoms with van der Waals surface area (Å²) in [6.07, 6.45) is 6.92. The van der Waals surface area contributed by atoms with Gasteiger partial charge in [-0.25, -0.2) is 4.99 Å². The molecular weight excluding hydrogens is 536 g/mol. The molecule has 8 heteroatoms. The van der Waals surface area contributed by atoms with Gasteiger partial charge >= 0.3 is 0 Å². The van der Waals surface area contributed by atoms with Crippen LogP contribution in [0.15, 0.2) is 93.4 Å². The number of thiazole rings is 1. The molecule has 3 heterocycles. The monoisotopic (exact) mass is 564 g/mol. The summed E-state index contributed by atoms with van der Waals surface area (Å²) >= 11 is 1.42. The van der Waals surface area contributed by atoms with Crippen molar-refractivity contribution in [1.82, 2.24) is 4.57 Å². The standard InChI is InChI=1S/C33H28N2O5S/c1-37-24-11-6-20(7-12-24)16-23-4-3-5-26-30(23)34-33-35(31(26)22-9-13-25(38-2)14-10-22)32(36)29(41-33)18-21-8-15-27-28(17-21)40-19-39-27/h6-18,31H,3-5,19H2,1-2H3/b23-16+,29-18?/t31-/m1/s1. The maximum atomic E-state index is 14.0. The molecule has 0 N–H and O–H groups in total. The van der Waals surface area contributed by atoms with Crippen LogP contribution in [0.3, 0.4) is 0 Å². The normalized spacial score (nSPS) is 18.6. The van der Waals surface area contributed by atoms with Crippen LogP contribution in [0, 0.1) is 0 Å². The smallest absolute Gasteiger partial charge is 0.271 e. The average Bonchev–Trinajstić information content (AvgIpc) is 3.60. The summed E-state index contributed by atoms with van der Waals surface area (Å²) < 4.78 is 24.2. The number of hydrogen-bond acceptors (Lipinski definition) is 7. The summed E-state index contributed by atoms with van der Waals surface area (Å²) in [7, 11) is 3.33. The molecule has 7 rings (SSSR count). The van der Waals surface area contributed by atoms with E-state index in [1.807, 2.05) is 53.1 Å². The van der Waals surface area contributed by atoms with Gasteiger partial charge in [0.1, 0.15) is 11.5 Å². The Labute approximate surface area is 240 Å². The molecule has 1 aliphatic carbocycles. The second-order valence-corrected chi connectivity index (χ2v) is 11.1. The van der Waals surface area contributed by atoms with Crippen LogP contribution >= 0.6 is 11.3 Å². The minimum atomic E-state index is -0.245. The van der Waals surface area contributed by atoms with Crippen LogP contribution in [0.25, 0.3) is 12.2 Å². The number of nitrogens with zero attached hydrogens (tertiary/aromatic N) is 2. The summed E-state index contributed by atoms with van der Waals surface area (Å²) in [4.78, 5) is 19.9. The van der Waals surface area contributed by atoms with Crippen LogP contribution in [0.5, 0.6) is 23.0 Å². The molecule has 0 amide bonds. The number of benzene rings is 3. The lowest BCUT2D eigenvalue weighted by molar-refractivity contribution is 0.174. The van der Waals surface area contributed by atoms with E-state index in [0.717, 1.165) is 53.1 Å². The first-order valence-electron chi connectivity index (χ1n) is 13.5. The Morgan fingerprint density at radius 2 is 1.59 bits per heavy atom. The number of fused-ring (bicyclic) bond motifs is 2. The third kappa shape index (κ3) is 4.64.